The average Bonchev–Trinajstić information content (AvgIpc) is 2.95. The molecule has 4 heteroatoms. The second-order valence-corrected chi connectivity index (χ2v) is 6.09. The smallest absolute Gasteiger partial charge is 0.313 e. The summed E-state index contributed by atoms with van der Waals surface area (Å²) in [6.07, 6.45) is 0. The molecule has 0 bridgehead atoms. The van der Waals surface area contributed by atoms with Crippen LogP contribution in [0.2, 0.25) is 0 Å². The number of aryl methyl sites for hydroxylation is 1. The number of hydrogen-bond acceptors (Lipinski definition) is 4. The van der Waals surface area contributed by atoms with Gasteiger partial charge < -0.3 is 9.47 Å². The van der Waals surface area contributed by atoms with Crippen LogP contribution in [0.3, 0.4) is 0 Å². The molecule has 1 fully saturated rings. The average molecular weight is 326 g/mol. The predicted octanol–water partition coefficient (Wildman–Crippen LogP) is 3.64. The van der Waals surface area contributed by atoms with Crippen molar-refractivity contribution in [1.29, 1.82) is 0 Å². The fourth-order valence-electron chi connectivity index (χ4n) is 2.71. The van der Waals surface area contributed by atoms with Gasteiger partial charge in [0.25, 0.3) is 0 Å². The highest BCUT2D eigenvalue weighted by atomic mass is 32.1. The van der Waals surface area contributed by atoms with E-state index in [9.17, 15) is 4.79 Å². The molecule has 2 atom stereocenters. The van der Waals surface area contributed by atoms with E-state index in [0.29, 0.717) is 11.7 Å². The molecule has 1 heterocycles. The summed E-state index contributed by atoms with van der Waals surface area (Å²) in [5.41, 5.74) is 3.11. The number of cyclic esters (lactones) is 1. The molecule has 0 saturated carbocycles. The van der Waals surface area contributed by atoms with Crippen molar-refractivity contribution in [2.45, 2.75) is 12.8 Å². The molecule has 1 aliphatic heterocycles. The van der Waals surface area contributed by atoms with Gasteiger partial charge in [-0.05, 0) is 24.7 Å². The molecule has 23 heavy (non-hydrogen) atoms. The minimum absolute atomic E-state index is 0.0181. The molecule has 3 rings (SSSR count). The predicted molar refractivity (Wildman–Crippen MR) is 92.5 cm³/mol. The SMILES string of the molecule is Cc1ccc(C(=S)OC[C@H]2C(=O)OCC2c2ccccc2)cc1. The zero-order chi connectivity index (χ0) is 16.2. The van der Waals surface area contributed by atoms with Gasteiger partial charge in [-0.25, -0.2) is 0 Å². The summed E-state index contributed by atoms with van der Waals surface area (Å²) >= 11 is 5.32. The molecule has 3 nitrogen and oxygen atoms in total. The molecule has 1 saturated heterocycles. The summed E-state index contributed by atoms with van der Waals surface area (Å²) in [7, 11) is 0. The van der Waals surface area contributed by atoms with E-state index in [-0.39, 0.29) is 24.4 Å². The van der Waals surface area contributed by atoms with E-state index in [0.717, 1.165) is 11.1 Å². The Bertz CT molecular complexity index is 694. The Morgan fingerprint density at radius 1 is 1.17 bits per heavy atom. The van der Waals surface area contributed by atoms with Gasteiger partial charge in [0.15, 0.2) is 5.05 Å². The third kappa shape index (κ3) is 3.59. The zero-order valence-corrected chi connectivity index (χ0v) is 13.7. The highest BCUT2D eigenvalue weighted by molar-refractivity contribution is 7.80. The first-order chi connectivity index (χ1) is 11.1. The van der Waals surface area contributed by atoms with Crippen molar-refractivity contribution in [2.75, 3.05) is 13.2 Å². The normalized spacial score (nSPS) is 20.1. The fourth-order valence-corrected chi connectivity index (χ4v) is 2.91. The minimum atomic E-state index is -0.319. The lowest BCUT2D eigenvalue weighted by atomic mass is 9.89. The first-order valence-electron chi connectivity index (χ1n) is 7.60. The summed E-state index contributed by atoms with van der Waals surface area (Å²) < 4.78 is 10.9. The number of ether oxygens (including phenoxy) is 2. The Morgan fingerprint density at radius 2 is 1.87 bits per heavy atom. The van der Waals surface area contributed by atoms with Crippen LogP contribution < -0.4 is 0 Å². The van der Waals surface area contributed by atoms with Crippen molar-refractivity contribution in [3.05, 3.63) is 71.3 Å². The molecular formula is C19H18O3S. The van der Waals surface area contributed by atoms with E-state index in [1.165, 1.54) is 5.56 Å². The van der Waals surface area contributed by atoms with Crippen molar-refractivity contribution >= 4 is 23.2 Å². The fraction of sp³-hybridized carbons (Fsp3) is 0.263. The van der Waals surface area contributed by atoms with E-state index in [4.69, 9.17) is 21.7 Å². The number of carbonyl (C=O) groups is 1. The second-order valence-electron chi connectivity index (χ2n) is 5.72. The van der Waals surface area contributed by atoms with E-state index in [1.54, 1.807) is 0 Å². The maximum Gasteiger partial charge on any atom is 0.313 e. The first kappa shape index (κ1) is 15.7. The van der Waals surface area contributed by atoms with Crippen molar-refractivity contribution in [2.24, 2.45) is 5.92 Å². The van der Waals surface area contributed by atoms with Crippen LogP contribution in [0.5, 0.6) is 0 Å². The lowest BCUT2D eigenvalue weighted by molar-refractivity contribution is -0.142. The third-order valence-electron chi connectivity index (χ3n) is 4.10. The monoisotopic (exact) mass is 326 g/mol. The van der Waals surface area contributed by atoms with Gasteiger partial charge in [0, 0.05) is 11.5 Å². The highest BCUT2D eigenvalue weighted by Gasteiger charge is 2.38. The molecule has 0 spiro atoms. The van der Waals surface area contributed by atoms with E-state index in [2.05, 4.69) is 0 Å². The second kappa shape index (κ2) is 6.92. The van der Waals surface area contributed by atoms with Crippen LogP contribution in [0.4, 0.5) is 0 Å². The van der Waals surface area contributed by atoms with E-state index in [1.807, 2.05) is 61.5 Å². The van der Waals surface area contributed by atoms with Crippen molar-refractivity contribution in [1.82, 2.24) is 0 Å². The largest absolute Gasteiger partial charge is 0.482 e. The van der Waals surface area contributed by atoms with E-state index >= 15 is 0 Å². The maximum absolute atomic E-state index is 12.0. The Balaban J connectivity index is 1.67. The molecule has 0 amide bonds. The van der Waals surface area contributed by atoms with Crippen molar-refractivity contribution < 1.29 is 14.3 Å². The summed E-state index contributed by atoms with van der Waals surface area (Å²) in [6.45, 7) is 2.66. The van der Waals surface area contributed by atoms with Crippen molar-refractivity contribution in [3.63, 3.8) is 0 Å². The van der Waals surface area contributed by atoms with Crippen LogP contribution in [-0.2, 0) is 14.3 Å². The third-order valence-corrected chi connectivity index (χ3v) is 4.46. The Kier molecular flexibility index (Phi) is 4.72. The van der Waals surface area contributed by atoms with Crippen LogP contribution in [-0.4, -0.2) is 24.2 Å². The van der Waals surface area contributed by atoms with Gasteiger partial charge in [-0.3, -0.25) is 4.79 Å². The number of hydrogen-bond donors (Lipinski definition) is 0. The topological polar surface area (TPSA) is 35.5 Å². The Hall–Kier alpha value is -2.20. The summed E-state index contributed by atoms with van der Waals surface area (Å²) in [4.78, 5) is 12.0. The Morgan fingerprint density at radius 3 is 2.57 bits per heavy atom. The van der Waals surface area contributed by atoms with Gasteiger partial charge in [-0.2, -0.15) is 0 Å². The molecule has 0 radical (unpaired) electrons. The molecule has 2 aromatic carbocycles. The quantitative estimate of drug-likeness (QED) is 0.635. The number of thiocarbonyl (C=S) groups is 1. The Labute approximate surface area is 141 Å². The molecule has 1 unspecified atom stereocenters. The molecule has 118 valence electrons. The van der Waals surface area contributed by atoms with Gasteiger partial charge in [-0.1, -0.05) is 60.2 Å². The summed E-state index contributed by atoms with van der Waals surface area (Å²) in [5.74, 6) is -0.518. The van der Waals surface area contributed by atoms with Gasteiger partial charge in [0.2, 0.25) is 0 Å². The van der Waals surface area contributed by atoms with Crippen LogP contribution in [0, 0.1) is 12.8 Å². The number of benzene rings is 2. The molecule has 2 aromatic rings. The van der Waals surface area contributed by atoms with Gasteiger partial charge in [0.1, 0.15) is 12.5 Å². The molecular weight excluding hydrogens is 308 g/mol. The molecule has 1 aliphatic rings. The maximum atomic E-state index is 12.0. The summed E-state index contributed by atoms with van der Waals surface area (Å²) in [6, 6.07) is 17.7. The lowest BCUT2D eigenvalue weighted by Crippen LogP contribution is -2.22. The standard InChI is InChI=1S/C19H18O3S/c1-13-7-9-15(10-8-13)19(23)22-12-17-16(11-21-18(17)20)14-5-3-2-4-6-14/h2-10,16-17H,11-12H2,1H3/t16?,17-/m1/s1. The minimum Gasteiger partial charge on any atom is -0.482 e. The molecule has 0 aliphatic carbocycles. The van der Waals surface area contributed by atoms with Gasteiger partial charge in [-0.15, -0.1) is 0 Å². The van der Waals surface area contributed by atoms with Gasteiger partial charge >= 0.3 is 5.97 Å². The van der Waals surface area contributed by atoms with Gasteiger partial charge in [0.05, 0.1) is 6.61 Å². The number of esters is 1. The number of rotatable bonds is 4. The summed E-state index contributed by atoms with van der Waals surface area (Å²) in [5, 5.41) is 0.413. The van der Waals surface area contributed by atoms with Crippen LogP contribution >= 0.6 is 12.2 Å². The van der Waals surface area contributed by atoms with E-state index < -0.39 is 0 Å². The highest BCUT2D eigenvalue weighted by Crippen LogP contribution is 2.32. The molecule has 0 N–H and O–H groups in total. The molecule has 0 aromatic heterocycles. The lowest BCUT2D eigenvalue weighted by Gasteiger charge is -2.16. The van der Waals surface area contributed by atoms with Crippen LogP contribution in [0.25, 0.3) is 0 Å². The zero-order valence-electron chi connectivity index (χ0n) is 12.9. The van der Waals surface area contributed by atoms with Crippen LogP contribution in [0.1, 0.15) is 22.6 Å². The first-order valence-corrected chi connectivity index (χ1v) is 8.01. The number of carbonyl (C=O) groups excluding carboxylic acids is 1. The van der Waals surface area contributed by atoms with Crippen LogP contribution in [0.15, 0.2) is 54.6 Å². The van der Waals surface area contributed by atoms with Crippen molar-refractivity contribution in [3.8, 4) is 0 Å².